The van der Waals surface area contributed by atoms with E-state index in [2.05, 4.69) is 0 Å². The molecule has 1 heterocycles. The molecule has 1 aromatic rings. The van der Waals surface area contributed by atoms with E-state index in [-0.39, 0.29) is 5.91 Å². The van der Waals surface area contributed by atoms with Gasteiger partial charge in [0.15, 0.2) is 0 Å². The van der Waals surface area contributed by atoms with Gasteiger partial charge in [-0.3, -0.25) is 4.79 Å². The van der Waals surface area contributed by atoms with Crippen LogP contribution in [0.1, 0.15) is 16.8 Å². The van der Waals surface area contributed by atoms with Gasteiger partial charge in [0.05, 0.1) is 18.4 Å². The summed E-state index contributed by atoms with van der Waals surface area (Å²) in [5, 5.41) is 0. The molecule has 18 heavy (non-hydrogen) atoms. The fourth-order valence-electron chi connectivity index (χ4n) is 2.03. The van der Waals surface area contributed by atoms with Crippen molar-refractivity contribution in [2.24, 2.45) is 0 Å². The van der Waals surface area contributed by atoms with Gasteiger partial charge in [-0.25, -0.2) is 0 Å². The molecule has 1 aliphatic heterocycles. The van der Waals surface area contributed by atoms with Crippen LogP contribution in [0.2, 0.25) is 0 Å². The maximum absolute atomic E-state index is 12.4. The van der Waals surface area contributed by atoms with Crippen LogP contribution in [0.15, 0.2) is 18.2 Å². The Morgan fingerprint density at radius 1 is 1.39 bits per heavy atom. The summed E-state index contributed by atoms with van der Waals surface area (Å²) in [6, 6.07) is 5.33. The topological polar surface area (TPSA) is 55.6 Å². The Balaban J connectivity index is 2.22. The summed E-state index contributed by atoms with van der Waals surface area (Å²) in [6.45, 7) is 1.60. The van der Waals surface area contributed by atoms with Gasteiger partial charge in [-0.2, -0.15) is 11.8 Å². The highest BCUT2D eigenvalue weighted by molar-refractivity contribution is 7.99. The van der Waals surface area contributed by atoms with E-state index in [0.29, 0.717) is 17.0 Å². The molecular weight excluding hydrogens is 248 g/mol. The lowest BCUT2D eigenvalue weighted by Crippen LogP contribution is -2.33. The number of benzene rings is 1. The Morgan fingerprint density at radius 3 is 3.00 bits per heavy atom. The highest BCUT2D eigenvalue weighted by Crippen LogP contribution is 2.26. The van der Waals surface area contributed by atoms with E-state index in [4.69, 9.17) is 10.5 Å². The summed E-state index contributed by atoms with van der Waals surface area (Å²) < 4.78 is 5.15. The molecule has 0 aliphatic carbocycles. The zero-order chi connectivity index (χ0) is 13.0. The lowest BCUT2D eigenvalue weighted by Gasteiger charge is -2.21. The van der Waals surface area contributed by atoms with E-state index < -0.39 is 0 Å². The second kappa shape index (κ2) is 6.00. The van der Waals surface area contributed by atoms with Gasteiger partial charge in [0.2, 0.25) is 0 Å². The van der Waals surface area contributed by atoms with E-state index in [9.17, 15) is 4.79 Å². The lowest BCUT2D eigenvalue weighted by molar-refractivity contribution is 0.0769. The van der Waals surface area contributed by atoms with Crippen molar-refractivity contribution in [3.05, 3.63) is 23.8 Å². The molecule has 1 aliphatic rings. The first-order valence-electron chi connectivity index (χ1n) is 6.03. The van der Waals surface area contributed by atoms with Crippen LogP contribution in [-0.4, -0.2) is 42.5 Å². The molecule has 0 spiro atoms. The number of para-hydroxylation sites is 1. The molecule has 1 aromatic carbocycles. The molecule has 0 unspecified atom stereocenters. The highest BCUT2D eigenvalue weighted by atomic mass is 32.2. The first-order valence-corrected chi connectivity index (χ1v) is 7.19. The van der Waals surface area contributed by atoms with Gasteiger partial charge in [0.25, 0.3) is 5.91 Å². The second-order valence-electron chi connectivity index (χ2n) is 4.18. The van der Waals surface area contributed by atoms with E-state index in [1.807, 2.05) is 16.7 Å². The third kappa shape index (κ3) is 2.72. The number of anilines is 1. The predicted molar refractivity (Wildman–Crippen MR) is 75.3 cm³/mol. The number of nitrogens with two attached hydrogens (primary N) is 1. The van der Waals surface area contributed by atoms with Gasteiger partial charge in [-0.15, -0.1) is 0 Å². The van der Waals surface area contributed by atoms with Gasteiger partial charge in [0, 0.05) is 18.8 Å². The Morgan fingerprint density at radius 2 is 2.22 bits per heavy atom. The van der Waals surface area contributed by atoms with Gasteiger partial charge < -0.3 is 15.4 Å². The van der Waals surface area contributed by atoms with Crippen molar-refractivity contribution in [2.45, 2.75) is 6.42 Å². The number of ether oxygens (including phenoxy) is 1. The summed E-state index contributed by atoms with van der Waals surface area (Å²) >= 11 is 1.89. The van der Waals surface area contributed by atoms with Gasteiger partial charge in [0.1, 0.15) is 5.75 Å². The van der Waals surface area contributed by atoms with Crippen molar-refractivity contribution in [1.29, 1.82) is 0 Å². The fraction of sp³-hybridized carbons (Fsp3) is 0.462. The minimum absolute atomic E-state index is 0.00824. The SMILES string of the molecule is COc1cccc(C(=O)N2CCCSCC2)c1N. The largest absolute Gasteiger partial charge is 0.495 e. The number of hydrogen-bond acceptors (Lipinski definition) is 4. The Bertz CT molecular complexity index is 429. The molecule has 1 saturated heterocycles. The normalized spacial score (nSPS) is 16.2. The smallest absolute Gasteiger partial charge is 0.256 e. The maximum atomic E-state index is 12.4. The molecule has 2 N–H and O–H groups in total. The second-order valence-corrected chi connectivity index (χ2v) is 5.40. The van der Waals surface area contributed by atoms with Crippen molar-refractivity contribution < 1.29 is 9.53 Å². The van der Waals surface area contributed by atoms with E-state index in [1.54, 1.807) is 25.3 Å². The van der Waals surface area contributed by atoms with Crippen molar-refractivity contribution >= 4 is 23.4 Å². The lowest BCUT2D eigenvalue weighted by atomic mass is 10.1. The average molecular weight is 266 g/mol. The van der Waals surface area contributed by atoms with Crippen LogP contribution in [-0.2, 0) is 0 Å². The molecular formula is C13H18N2O2S. The molecule has 4 nitrogen and oxygen atoms in total. The number of carbonyl (C=O) groups is 1. The van der Waals surface area contributed by atoms with E-state index in [1.165, 1.54) is 0 Å². The summed E-state index contributed by atoms with van der Waals surface area (Å²) in [6.07, 6.45) is 1.04. The molecule has 0 bridgehead atoms. The van der Waals surface area contributed by atoms with Crippen molar-refractivity contribution in [3.8, 4) is 5.75 Å². The summed E-state index contributed by atoms with van der Waals surface area (Å²) in [7, 11) is 1.56. The third-order valence-corrected chi connectivity index (χ3v) is 4.07. The van der Waals surface area contributed by atoms with Crippen LogP contribution in [0.3, 0.4) is 0 Å². The number of carbonyl (C=O) groups excluding carboxylic acids is 1. The van der Waals surface area contributed by atoms with Crippen LogP contribution < -0.4 is 10.5 Å². The molecule has 0 atom stereocenters. The van der Waals surface area contributed by atoms with Crippen molar-refractivity contribution in [1.82, 2.24) is 4.90 Å². The highest BCUT2D eigenvalue weighted by Gasteiger charge is 2.20. The number of hydrogen-bond donors (Lipinski definition) is 1. The number of thioether (sulfide) groups is 1. The maximum Gasteiger partial charge on any atom is 0.256 e. The minimum Gasteiger partial charge on any atom is -0.495 e. The molecule has 2 rings (SSSR count). The fourth-order valence-corrected chi connectivity index (χ4v) is 2.91. The standard InChI is InChI=1S/C13H18N2O2S/c1-17-11-5-2-4-10(12(11)14)13(16)15-6-3-8-18-9-7-15/h2,4-5H,3,6-9,14H2,1H3. The van der Waals surface area contributed by atoms with Crippen LogP contribution in [0.5, 0.6) is 5.75 Å². The summed E-state index contributed by atoms with van der Waals surface area (Å²) in [5.41, 5.74) is 6.94. The molecule has 98 valence electrons. The molecule has 5 heteroatoms. The quantitative estimate of drug-likeness (QED) is 0.830. The van der Waals surface area contributed by atoms with Crippen molar-refractivity contribution in [2.75, 3.05) is 37.4 Å². The Labute approximate surface area is 111 Å². The molecule has 1 amide bonds. The monoisotopic (exact) mass is 266 g/mol. The number of amides is 1. The number of rotatable bonds is 2. The molecule has 0 saturated carbocycles. The molecule has 1 fully saturated rings. The minimum atomic E-state index is 0.00824. The van der Waals surface area contributed by atoms with Gasteiger partial charge in [-0.05, 0) is 24.3 Å². The Hall–Kier alpha value is -1.36. The average Bonchev–Trinajstić information content (AvgIpc) is 2.67. The summed E-state index contributed by atoms with van der Waals surface area (Å²) in [4.78, 5) is 14.3. The molecule has 0 radical (unpaired) electrons. The summed E-state index contributed by atoms with van der Waals surface area (Å²) in [5.74, 6) is 2.69. The number of methoxy groups -OCH3 is 1. The van der Waals surface area contributed by atoms with E-state index >= 15 is 0 Å². The first kappa shape index (κ1) is 13.1. The predicted octanol–water partition coefficient (Wildman–Crippen LogP) is 1.86. The van der Waals surface area contributed by atoms with Crippen LogP contribution in [0, 0.1) is 0 Å². The first-order chi connectivity index (χ1) is 8.74. The third-order valence-electron chi connectivity index (χ3n) is 3.03. The van der Waals surface area contributed by atoms with E-state index in [0.717, 1.165) is 31.0 Å². The zero-order valence-electron chi connectivity index (χ0n) is 10.5. The van der Waals surface area contributed by atoms with Crippen LogP contribution in [0.4, 0.5) is 5.69 Å². The van der Waals surface area contributed by atoms with Gasteiger partial charge in [-0.1, -0.05) is 6.07 Å². The van der Waals surface area contributed by atoms with Crippen LogP contribution in [0.25, 0.3) is 0 Å². The number of nitrogens with zero attached hydrogens (tertiary/aromatic N) is 1. The van der Waals surface area contributed by atoms with Crippen molar-refractivity contribution in [3.63, 3.8) is 0 Å². The van der Waals surface area contributed by atoms with Crippen LogP contribution >= 0.6 is 11.8 Å². The molecule has 0 aromatic heterocycles. The zero-order valence-corrected chi connectivity index (χ0v) is 11.3. The van der Waals surface area contributed by atoms with Gasteiger partial charge >= 0.3 is 0 Å². The number of nitrogen functional groups attached to an aromatic ring is 1. The Kier molecular flexibility index (Phi) is 4.36.